The lowest BCUT2D eigenvalue weighted by atomic mass is 9.85. The number of hydrogen-bond donors (Lipinski definition) is 9. The van der Waals surface area contributed by atoms with Crippen LogP contribution < -0.4 is 5.32 Å². The minimum Gasteiger partial charge on any atom is -0.457 e. The monoisotopic (exact) mass is 964 g/mol. The maximum atomic E-state index is 12.5. The third-order valence-corrected chi connectivity index (χ3v) is 10.1. The number of amides is 1. The Kier molecular flexibility index (Phi) is 34.7. The van der Waals surface area contributed by atoms with Crippen molar-refractivity contribution in [1.82, 2.24) is 5.32 Å². The zero-order valence-electron chi connectivity index (χ0n) is 36.2. The van der Waals surface area contributed by atoms with Gasteiger partial charge >= 0.3 is 21.6 Å². The lowest BCUT2D eigenvalue weighted by Crippen LogP contribution is -2.64. The average Bonchev–Trinajstić information content (AvgIpc) is 3.24. The van der Waals surface area contributed by atoms with Crippen LogP contribution in [0.2, 0.25) is 0 Å². The van der Waals surface area contributed by atoms with E-state index in [0.717, 1.165) is 32.1 Å². The van der Waals surface area contributed by atoms with Crippen molar-refractivity contribution in [2.45, 2.75) is 159 Å². The van der Waals surface area contributed by atoms with Crippen LogP contribution in [-0.2, 0) is 41.8 Å². The fourth-order valence-corrected chi connectivity index (χ4v) is 7.06. The summed E-state index contributed by atoms with van der Waals surface area (Å²) >= 11 is 0. The molecule has 8 atom stereocenters. The van der Waals surface area contributed by atoms with Gasteiger partial charge in [-0.1, -0.05) is 90.9 Å². The highest BCUT2D eigenvalue weighted by Gasteiger charge is 2.54. The number of aliphatic hydroxyl groups excluding tert-OH is 5. The summed E-state index contributed by atoms with van der Waals surface area (Å²) in [7, 11) is -10.5. The minimum absolute atomic E-state index is 0. The van der Waals surface area contributed by atoms with Crippen LogP contribution in [0.1, 0.15) is 135 Å². The number of esters is 1. The van der Waals surface area contributed by atoms with Gasteiger partial charge in [-0.3, -0.25) is 28.5 Å². The third kappa shape index (κ3) is 31.6. The molecule has 9 N–H and O–H groups in total. The zero-order chi connectivity index (χ0) is 48.1. The lowest BCUT2D eigenvalue weighted by molar-refractivity contribution is -0.216. The van der Waals surface area contributed by atoms with E-state index in [1.807, 2.05) is 6.92 Å². The standard InChI is InChI=1S/C26H52O16P2.C18H9NO.13H2/c1-2-3-4-5-6-7-8-9-10-11-12-13-14-15-20(28)40-19(16-38-18-27)17-39-44(36,37)42-26-23(31)21(29)22(30)25(24(26)32)41-43(33,34)35;1-3-5-6-7-8-9-10-11-12-13-14-15-17-19-18(20)16-4-2;;;;;;;;;;;;;/h19,21-27,29-32H,2-18H2,1H3,(H,36,37)(H2,33,34,35);1H,4,16H2,2H3,(H,19,20);13*1H/t19-,21?,22-,23+,24?,25-,26?;;;;;;;;;;;;;;/m1............../s1. The van der Waals surface area contributed by atoms with Crippen molar-refractivity contribution in [1.29, 1.82) is 0 Å². The first kappa shape index (κ1) is 59.8. The van der Waals surface area contributed by atoms with E-state index in [1.54, 1.807) is 0 Å². The molecule has 0 aromatic carbocycles. The molecule has 1 amide bonds. The topological polar surface area (TPSA) is 288 Å². The van der Waals surface area contributed by atoms with Gasteiger partial charge in [0.15, 0.2) is 0 Å². The normalized spacial score (nSPS) is 19.8. The number of nitrogens with one attached hydrogen (secondary N) is 1. The Hall–Kier alpha value is -4.16. The molecule has 0 aromatic rings. The molecule has 0 saturated heterocycles. The van der Waals surface area contributed by atoms with Crippen molar-refractivity contribution >= 4 is 27.5 Å². The minimum atomic E-state index is -5.32. The first-order chi connectivity index (χ1) is 30.5. The summed E-state index contributed by atoms with van der Waals surface area (Å²) in [6.07, 6.45) is 6.37. The summed E-state index contributed by atoms with van der Waals surface area (Å²) in [5, 5.41) is 51.7. The molecule has 0 heterocycles. The second kappa shape index (κ2) is 37.1. The molecule has 380 valence electrons. The van der Waals surface area contributed by atoms with Crippen LogP contribution in [0.4, 0.5) is 0 Å². The average molecular weight is 964 g/mol. The zero-order valence-corrected chi connectivity index (χ0v) is 38.0. The Bertz CT molecular complexity index is 1960. The summed E-state index contributed by atoms with van der Waals surface area (Å²) < 4.78 is 47.5. The smallest absolute Gasteiger partial charge is 0.457 e. The fraction of sp³-hybridized carbons (Fsp3) is 0.636. The van der Waals surface area contributed by atoms with Crippen molar-refractivity contribution < 1.29 is 101 Å². The predicted octanol–water partition coefficient (Wildman–Crippen LogP) is 5.50. The maximum absolute atomic E-state index is 12.5. The van der Waals surface area contributed by atoms with Gasteiger partial charge in [0, 0.05) is 73.0 Å². The van der Waals surface area contributed by atoms with E-state index < -0.39 is 84.3 Å². The molecule has 4 unspecified atom stereocenters. The van der Waals surface area contributed by atoms with Crippen molar-refractivity contribution in [2.75, 3.05) is 20.0 Å². The van der Waals surface area contributed by atoms with Crippen LogP contribution >= 0.6 is 15.6 Å². The van der Waals surface area contributed by atoms with Gasteiger partial charge in [0.1, 0.15) is 49.5 Å². The Morgan fingerprint density at radius 3 is 1.56 bits per heavy atom. The molecule has 1 rings (SSSR count). The lowest BCUT2D eigenvalue weighted by Gasteiger charge is -2.43. The Labute approximate surface area is 396 Å². The van der Waals surface area contributed by atoms with Gasteiger partial charge in [-0.05, 0) is 48.4 Å². The number of rotatable bonds is 27. The molecule has 1 saturated carbocycles. The van der Waals surface area contributed by atoms with Crippen LogP contribution in [0.3, 0.4) is 0 Å². The molecule has 0 radical (unpaired) electrons. The van der Waals surface area contributed by atoms with Gasteiger partial charge in [-0.25, -0.2) is 9.13 Å². The van der Waals surface area contributed by atoms with Gasteiger partial charge in [-0.15, -0.1) is 6.42 Å². The summed E-state index contributed by atoms with van der Waals surface area (Å²) in [6, 6.07) is 2.42. The van der Waals surface area contributed by atoms with E-state index in [4.69, 9.17) is 39.8 Å². The van der Waals surface area contributed by atoms with Crippen molar-refractivity contribution in [3.63, 3.8) is 0 Å². The molecule has 20 heteroatoms. The highest BCUT2D eigenvalue weighted by molar-refractivity contribution is 7.47. The Balaban J connectivity index is -0.0000000875. The molecule has 0 spiro atoms. The number of carbonyl (C=O) groups is 2. The molecule has 1 aliphatic rings. The van der Waals surface area contributed by atoms with Gasteiger partial charge in [0.25, 0.3) is 0 Å². The number of phosphoric ester groups is 2. The second-order valence-electron chi connectivity index (χ2n) is 13.9. The highest BCUT2D eigenvalue weighted by atomic mass is 31.2. The molecule has 0 aliphatic heterocycles. The van der Waals surface area contributed by atoms with Crippen LogP contribution in [0, 0.1) is 83.5 Å². The number of carbonyl (C=O) groups excluding carboxylic acids is 2. The van der Waals surface area contributed by atoms with Gasteiger partial charge in [-0.2, -0.15) is 0 Å². The molecular weight excluding hydrogens is 876 g/mol. The van der Waals surface area contributed by atoms with Crippen molar-refractivity contribution in [3.05, 3.63) is 0 Å². The number of aliphatic hydroxyl groups is 5. The largest absolute Gasteiger partial charge is 0.472 e. The Morgan fingerprint density at radius 2 is 1.09 bits per heavy atom. The third-order valence-electron chi connectivity index (χ3n) is 8.60. The second-order valence-corrected chi connectivity index (χ2v) is 16.5. The summed E-state index contributed by atoms with van der Waals surface area (Å²) in [4.78, 5) is 51.4. The molecule has 0 bridgehead atoms. The number of unbranched alkanes of at least 4 members (excludes halogenated alkanes) is 12. The summed E-state index contributed by atoms with van der Waals surface area (Å²) in [5.41, 5.74) is 0. The SMILES string of the molecule is C#CC#CC#CC#CC#CC#CC#CNC(=O)CCC.CCCCCCCCCCCCCCCC(=O)O[C@H](COCO)COP(=O)(O)OC1C(O)[C@H](OP(=O)(O)O)[C@H](O)C(O)[C@@H]1O.[HH].[HH].[HH].[HH].[HH].[HH].[HH].[HH].[HH].[HH].[HH].[HH].[HH]. The number of terminal acetylenes is 1. The van der Waals surface area contributed by atoms with E-state index in [-0.39, 0.29) is 30.9 Å². The first-order valence-corrected chi connectivity index (χ1v) is 23.8. The van der Waals surface area contributed by atoms with Crippen molar-refractivity contribution in [2.24, 2.45) is 0 Å². The predicted molar refractivity (Wildman–Crippen MR) is 261 cm³/mol. The maximum Gasteiger partial charge on any atom is 0.472 e. The van der Waals surface area contributed by atoms with Crippen LogP contribution in [0.25, 0.3) is 0 Å². The number of hydrogen-bond acceptors (Lipinski definition) is 14. The molecular formula is C44H87NO17P2. The van der Waals surface area contributed by atoms with E-state index >= 15 is 0 Å². The first-order valence-electron chi connectivity index (χ1n) is 20.8. The molecule has 1 aliphatic carbocycles. The van der Waals surface area contributed by atoms with Crippen LogP contribution in [0.15, 0.2) is 0 Å². The van der Waals surface area contributed by atoms with Crippen LogP contribution in [0.5, 0.6) is 0 Å². The fourth-order valence-electron chi connectivity index (χ4n) is 5.52. The highest BCUT2D eigenvalue weighted by Crippen LogP contribution is 2.49. The Morgan fingerprint density at radius 1 is 0.625 bits per heavy atom. The van der Waals surface area contributed by atoms with Gasteiger partial charge in [0.05, 0.1) is 13.2 Å². The molecule has 18 nitrogen and oxygen atoms in total. The van der Waals surface area contributed by atoms with E-state index in [1.165, 1.54) is 51.4 Å². The quantitative estimate of drug-likeness (QED) is 0.0123. The molecule has 0 aromatic heterocycles. The van der Waals surface area contributed by atoms with E-state index in [2.05, 4.69) is 93.9 Å². The van der Waals surface area contributed by atoms with E-state index in [0.29, 0.717) is 12.8 Å². The van der Waals surface area contributed by atoms with E-state index in [9.17, 15) is 44.0 Å². The number of ether oxygens (including phenoxy) is 2. The van der Waals surface area contributed by atoms with Crippen LogP contribution in [-0.4, -0.2) is 115 Å². The summed E-state index contributed by atoms with van der Waals surface area (Å²) in [5.74, 6) is 28.2. The molecule has 64 heavy (non-hydrogen) atoms. The van der Waals surface area contributed by atoms with Gasteiger partial charge < -0.3 is 49.7 Å². The van der Waals surface area contributed by atoms with Gasteiger partial charge in [0.2, 0.25) is 5.91 Å². The summed E-state index contributed by atoms with van der Waals surface area (Å²) in [6.45, 7) is 2.16. The molecule has 1 fully saturated rings. The van der Waals surface area contributed by atoms with Crippen molar-refractivity contribution in [3.8, 4) is 83.5 Å². The number of phosphoric acid groups is 2.